The van der Waals surface area contributed by atoms with E-state index in [1.165, 1.54) is 17.3 Å². The van der Waals surface area contributed by atoms with Crippen LogP contribution in [-0.2, 0) is 19.8 Å². The van der Waals surface area contributed by atoms with Gasteiger partial charge in [-0.3, -0.25) is 0 Å². The molecular formula is C20H23F3N4O2. The summed E-state index contributed by atoms with van der Waals surface area (Å²) in [6.45, 7) is 2.50. The molecule has 156 valence electrons. The number of nitrogens with zero attached hydrogens (tertiary/aromatic N) is 4. The Morgan fingerprint density at radius 2 is 2.00 bits per heavy atom. The Labute approximate surface area is 166 Å². The van der Waals surface area contributed by atoms with Crippen molar-refractivity contribution in [3.05, 3.63) is 47.9 Å². The topological polar surface area (TPSA) is 50.6 Å². The highest BCUT2D eigenvalue weighted by atomic mass is 19.4. The minimum atomic E-state index is -4.42. The molecule has 0 spiro atoms. The lowest BCUT2D eigenvalue weighted by Gasteiger charge is -2.24. The van der Waals surface area contributed by atoms with Crippen molar-refractivity contribution in [2.75, 3.05) is 26.7 Å². The quantitative estimate of drug-likeness (QED) is 0.762. The van der Waals surface area contributed by atoms with Crippen LogP contribution >= 0.6 is 0 Å². The summed E-state index contributed by atoms with van der Waals surface area (Å²) in [5.74, 6) is 1.59. The van der Waals surface area contributed by atoms with Crippen molar-refractivity contribution in [3.8, 4) is 5.88 Å². The van der Waals surface area contributed by atoms with Gasteiger partial charge in [-0.05, 0) is 42.5 Å². The van der Waals surface area contributed by atoms with Gasteiger partial charge in [0, 0.05) is 33.2 Å². The second-order valence-electron chi connectivity index (χ2n) is 8.04. The largest absolute Gasteiger partial charge is 0.416 e. The van der Waals surface area contributed by atoms with Gasteiger partial charge >= 0.3 is 12.3 Å². The number of hydrogen-bond acceptors (Lipinski definition) is 4. The molecule has 1 saturated heterocycles. The molecule has 1 aromatic heterocycles. The molecule has 0 N–H and O–H groups in total. The normalized spacial score (nSPS) is 23.7. The number of carbonyl (C=O) groups excluding carboxylic acids is 1. The summed E-state index contributed by atoms with van der Waals surface area (Å²) >= 11 is 0. The van der Waals surface area contributed by atoms with Crippen molar-refractivity contribution in [1.82, 2.24) is 19.4 Å². The second-order valence-corrected chi connectivity index (χ2v) is 8.04. The fraction of sp³-hybridized carbons (Fsp3) is 0.500. The molecule has 4 rings (SSSR count). The number of rotatable bonds is 5. The molecule has 1 amide bonds. The molecule has 2 heterocycles. The lowest BCUT2D eigenvalue weighted by Crippen LogP contribution is -2.36. The number of aromatic nitrogens is 2. The van der Waals surface area contributed by atoms with Crippen molar-refractivity contribution in [1.29, 1.82) is 0 Å². The number of fused-ring (bicyclic) bond motifs is 1. The van der Waals surface area contributed by atoms with Crippen LogP contribution in [0.25, 0.3) is 0 Å². The highest BCUT2D eigenvalue weighted by molar-refractivity contribution is 5.70. The summed E-state index contributed by atoms with van der Waals surface area (Å²) in [7, 11) is 3.82. The van der Waals surface area contributed by atoms with Crippen LogP contribution < -0.4 is 4.74 Å². The van der Waals surface area contributed by atoms with Gasteiger partial charge in [0.25, 0.3) is 0 Å². The minimum Gasteiger partial charge on any atom is -0.389 e. The van der Waals surface area contributed by atoms with Crippen LogP contribution in [0.5, 0.6) is 5.88 Å². The lowest BCUT2D eigenvalue weighted by atomic mass is 10.1. The number of carbonyl (C=O) groups is 1. The number of hydrogen-bond donors (Lipinski definition) is 0. The first-order chi connectivity index (χ1) is 13.7. The Balaban J connectivity index is 1.49. The molecular weight excluding hydrogens is 385 g/mol. The molecule has 0 bridgehead atoms. The Bertz CT molecular complexity index is 886. The van der Waals surface area contributed by atoms with Gasteiger partial charge in [0.2, 0.25) is 5.88 Å². The number of ether oxygens (including phenoxy) is 1. The summed E-state index contributed by atoms with van der Waals surface area (Å²) in [6, 6.07) is 5.07. The maximum Gasteiger partial charge on any atom is 0.416 e. The third-order valence-corrected chi connectivity index (χ3v) is 5.74. The molecule has 1 aliphatic heterocycles. The first-order valence-electron chi connectivity index (χ1n) is 9.50. The Morgan fingerprint density at radius 1 is 1.28 bits per heavy atom. The number of halogens is 3. The maximum absolute atomic E-state index is 13.0. The van der Waals surface area contributed by atoms with Gasteiger partial charge in [0.05, 0.1) is 18.1 Å². The first-order valence-corrected chi connectivity index (χ1v) is 9.50. The standard InChI is InChI=1S/C20H23F3N4O2/c1-25-8-15-16(9-25)17(15)10-27(19(28)29-18-11-26(2)12-24-18)7-13-4-3-5-14(6-13)20(21,22)23/h3-6,11-12,15-17H,7-10H2,1-2H3. The average Bonchev–Trinajstić information content (AvgIpc) is 2.96. The van der Waals surface area contributed by atoms with Crippen molar-refractivity contribution < 1.29 is 22.7 Å². The molecule has 2 aromatic rings. The zero-order chi connectivity index (χ0) is 20.8. The lowest BCUT2D eigenvalue weighted by molar-refractivity contribution is -0.137. The van der Waals surface area contributed by atoms with Gasteiger partial charge in [-0.2, -0.15) is 13.2 Å². The van der Waals surface area contributed by atoms with Crippen LogP contribution in [0.1, 0.15) is 11.1 Å². The minimum absolute atomic E-state index is 0.0569. The molecule has 2 unspecified atom stereocenters. The number of piperidine rings is 1. The van der Waals surface area contributed by atoms with E-state index in [2.05, 4.69) is 16.9 Å². The predicted molar refractivity (Wildman–Crippen MR) is 99.1 cm³/mol. The second kappa shape index (κ2) is 7.37. The van der Waals surface area contributed by atoms with E-state index in [4.69, 9.17) is 4.74 Å². The number of benzene rings is 1. The van der Waals surface area contributed by atoms with E-state index >= 15 is 0 Å². The molecule has 0 radical (unpaired) electrons. The van der Waals surface area contributed by atoms with Gasteiger partial charge in [0.15, 0.2) is 0 Å². The molecule has 1 saturated carbocycles. The highest BCUT2D eigenvalue weighted by Crippen LogP contribution is 2.51. The molecule has 29 heavy (non-hydrogen) atoms. The molecule has 2 aliphatic rings. The molecule has 2 atom stereocenters. The molecule has 9 heteroatoms. The highest BCUT2D eigenvalue weighted by Gasteiger charge is 2.55. The molecule has 1 aromatic carbocycles. The van der Waals surface area contributed by atoms with Crippen LogP contribution in [0, 0.1) is 17.8 Å². The average molecular weight is 408 g/mol. The van der Waals surface area contributed by atoms with Crippen molar-refractivity contribution in [2.24, 2.45) is 24.8 Å². The summed E-state index contributed by atoms with van der Waals surface area (Å²) in [6.07, 6.45) is -1.94. The Morgan fingerprint density at radius 3 is 2.62 bits per heavy atom. The van der Waals surface area contributed by atoms with Gasteiger partial charge < -0.3 is 19.1 Å². The fourth-order valence-electron chi connectivity index (χ4n) is 4.25. The van der Waals surface area contributed by atoms with E-state index in [-0.39, 0.29) is 12.4 Å². The van der Waals surface area contributed by atoms with Gasteiger partial charge in [0.1, 0.15) is 0 Å². The summed E-state index contributed by atoms with van der Waals surface area (Å²) < 4.78 is 46.2. The van der Waals surface area contributed by atoms with Gasteiger partial charge in [-0.15, -0.1) is 0 Å². The van der Waals surface area contributed by atoms with Gasteiger partial charge in [-0.1, -0.05) is 12.1 Å². The van der Waals surface area contributed by atoms with Crippen molar-refractivity contribution in [3.63, 3.8) is 0 Å². The van der Waals surface area contributed by atoms with Crippen LogP contribution in [0.15, 0.2) is 36.8 Å². The monoisotopic (exact) mass is 408 g/mol. The van der Waals surface area contributed by atoms with Crippen molar-refractivity contribution in [2.45, 2.75) is 12.7 Å². The molecule has 2 fully saturated rings. The number of likely N-dealkylation sites (tertiary alicyclic amines) is 1. The van der Waals surface area contributed by atoms with Crippen molar-refractivity contribution >= 4 is 6.09 Å². The van der Waals surface area contributed by atoms with Gasteiger partial charge in [-0.25, -0.2) is 9.78 Å². The van der Waals surface area contributed by atoms with Crippen LogP contribution in [0.4, 0.5) is 18.0 Å². The molecule has 6 nitrogen and oxygen atoms in total. The fourth-order valence-corrected chi connectivity index (χ4v) is 4.25. The van der Waals surface area contributed by atoms with E-state index in [9.17, 15) is 18.0 Å². The van der Waals surface area contributed by atoms with E-state index < -0.39 is 17.8 Å². The third-order valence-electron chi connectivity index (χ3n) is 5.74. The number of aryl methyl sites for hydroxylation is 1. The van der Waals surface area contributed by atoms with Crippen LogP contribution in [0.3, 0.4) is 0 Å². The number of imidazole rings is 1. The van der Waals surface area contributed by atoms with E-state index in [0.717, 1.165) is 25.2 Å². The zero-order valence-electron chi connectivity index (χ0n) is 16.3. The van der Waals surface area contributed by atoms with E-state index in [1.807, 2.05) is 0 Å². The maximum atomic E-state index is 13.0. The number of amides is 1. The smallest absolute Gasteiger partial charge is 0.389 e. The first kappa shape index (κ1) is 19.8. The summed E-state index contributed by atoms with van der Waals surface area (Å²) in [5, 5.41) is 0. The third kappa shape index (κ3) is 4.39. The SMILES string of the molecule is CN1CC2C(C1)C2CN(Cc1cccc(C(F)(F)F)c1)C(=O)Oc1cn(C)cn1. The summed E-state index contributed by atoms with van der Waals surface area (Å²) in [4.78, 5) is 20.5. The van der Waals surface area contributed by atoms with E-state index in [1.54, 1.807) is 23.9 Å². The number of alkyl halides is 3. The van der Waals surface area contributed by atoms with E-state index in [0.29, 0.717) is 29.9 Å². The van der Waals surface area contributed by atoms with Crippen LogP contribution in [-0.4, -0.2) is 52.1 Å². The Kier molecular flexibility index (Phi) is 5.02. The summed E-state index contributed by atoms with van der Waals surface area (Å²) in [5.41, 5.74) is -0.307. The zero-order valence-corrected chi connectivity index (χ0v) is 16.3. The van der Waals surface area contributed by atoms with Crippen LogP contribution in [0.2, 0.25) is 0 Å². The Hall–Kier alpha value is -2.55. The predicted octanol–water partition coefficient (Wildman–Crippen LogP) is 3.25. The molecule has 1 aliphatic carbocycles.